The number of allylic oxidation sites excluding steroid dienone is 1. The second-order valence-corrected chi connectivity index (χ2v) is 8.51. The monoisotopic (exact) mass is 371 g/mol. The standard InChI is InChI=1S/C22H29NO4/c1-14-6-8-15(9-7-14)16-10-11-17-13-19(20(24)26-5)23(18(17)12-16)21(25)27-22(2,3)4/h6-9,12,17-19H,10-11,13H2,1-5H3/t17-,18-,19-/m0/s1. The Morgan fingerprint density at radius 1 is 1.15 bits per heavy atom. The van der Waals surface area contributed by atoms with Crippen LogP contribution in [0.15, 0.2) is 30.3 Å². The van der Waals surface area contributed by atoms with E-state index in [0.717, 1.165) is 12.8 Å². The normalized spacial score (nSPS) is 24.9. The summed E-state index contributed by atoms with van der Waals surface area (Å²) in [5.74, 6) is -0.128. The third-order valence-electron chi connectivity index (χ3n) is 5.32. The van der Waals surface area contributed by atoms with Crippen LogP contribution in [0.1, 0.15) is 51.2 Å². The molecule has 0 bridgehead atoms. The van der Waals surface area contributed by atoms with E-state index in [0.29, 0.717) is 6.42 Å². The number of esters is 1. The van der Waals surface area contributed by atoms with Gasteiger partial charge in [0, 0.05) is 0 Å². The lowest BCUT2D eigenvalue weighted by atomic mass is 9.83. The third-order valence-corrected chi connectivity index (χ3v) is 5.32. The summed E-state index contributed by atoms with van der Waals surface area (Å²) in [7, 11) is 1.37. The van der Waals surface area contributed by atoms with Gasteiger partial charge in [-0.15, -0.1) is 0 Å². The quantitative estimate of drug-likeness (QED) is 0.726. The largest absolute Gasteiger partial charge is 0.467 e. The highest BCUT2D eigenvalue weighted by molar-refractivity contribution is 5.83. The molecule has 3 rings (SSSR count). The molecule has 0 saturated carbocycles. The van der Waals surface area contributed by atoms with Gasteiger partial charge in [0.15, 0.2) is 0 Å². The summed E-state index contributed by atoms with van der Waals surface area (Å²) >= 11 is 0. The predicted molar refractivity (Wildman–Crippen MR) is 104 cm³/mol. The second kappa shape index (κ2) is 7.37. The highest BCUT2D eigenvalue weighted by Gasteiger charge is 2.49. The maximum atomic E-state index is 12.9. The molecule has 1 fully saturated rings. The van der Waals surface area contributed by atoms with Crippen LogP contribution in [0.5, 0.6) is 0 Å². The first-order chi connectivity index (χ1) is 12.7. The molecule has 1 aromatic rings. The molecule has 5 nitrogen and oxygen atoms in total. The van der Waals surface area contributed by atoms with Crippen molar-refractivity contribution in [2.24, 2.45) is 5.92 Å². The summed E-state index contributed by atoms with van der Waals surface area (Å²) in [5.41, 5.74) is 2.99. The van der Waals surface area contributed by atoms with E-state index in [9.17, 15) is 9.59 Å². The van der Waals surface area contributed by atoms with Crippen LogP contribution in [0.4, 0.5) is 4.79 Å². The molecular weight excluding hydrogens is 342 g/mol. The highest BCUT2D eigenvalue weighted by atomic mass is 16.6. The molecule has 146 valence electrons. The van der Waals surface area contributed by atoms with Crippen LogP contribution in [-0.2, 0) is 14.3 Å². The Morgan fingerprint density at radius 2 is 1.81 bits per heavy atom. The van der Waals surface area contributed by atoms with Gasteiger partial charge in [0.25, 0.3) is 0 Å². The molecule has 1 aliphatic carbocycles. The zero-order chi connectivity index (χ0) is 19.8. The van der Waals surface area contributed by atoms with Crippen LogP contribution < -0.4 is 0 Å². The Labute approximate surface area is 161 Å². The van der Waals surface area contributed by atoms with Crippen LogP contribution in [0, 0.1) is 12.8 Å². The molecule has 27 heavy (non-hydrogen) atoms. The highest BCUT2D eigenvalue weighted by Crippen LogP contribution is 2.42. The van der Waals surface area contributed by atoms with E-state index in [2.05, 4.69) is 37.3 Å². The maximum Gasteiger partial charge on any atom is 0.411 e. The van der Waals surface area contributed by atoms with Crippen LogP contribution in [-0.4, -0.2) is 41.8 Å². The Balaban J connectivity index is 1.93. The molecule has 0 unspecified atom stereocenters. The number of fused-ring (bicyclic) bond motifs is 1. The van der Waals surface area contributed by atoms with Gasteiger partial charge in [-0.2, -0.15) is 0 Å². The fourth-order valence-corrected chi connectivity index (χ4v) is 4.03. The molecule has 1 heterocycles. The zero-order valence-electron chi connectivity index (χ0n) is 16.8. The van der Waals surface area contributed by atoms with Crippen molar-refractivity contribution in [3.63, 3.8) is 0 Å². The van der Waals surface area contributed by atoms with Crippen LogP contribution in [0.3, 0.4) is 0 Å². The summed E-state index contributed by atoms with van der Waals surface area (Å²) in [5, 5.41) is 0. The molecule has 0 spiro atoms. The van der Waals surface area contributed by atoms with Crippen LogP contribution in [0.25, 0.3) is 5.57 Å². The van der Waals surface area contributed by atoms with E-state index in [4.69, 9.17) is 9.47 Å². The number of carbonyl (C=O) groups is 2. The first-order valence-electron chi connectivity index (χ1n) is 9.56. The van der Waals surface area contributed by atoms with E-state index in [1.807, 2.05) is 20.8 Å². The number of carbonyl (C=O) groups excluding carboxylic acids is 2. The van der Waals surface area contributed by atoms with Crippen LogP contribution in [0.2, 0.25) is 0 Å². The molecule has 1 aliphatic heterocycles. The number of aryl methyl sites for hydroxylation is 1. The Bertz CT molecular complexity index is 745. The van der Waals surface area contributed by atoms with Crippen molar-refractivity contribution in [1.82, 2.24) is 4.90 Å². The fourth-order valence-electron chi connectivity index (χ4n) is 4.03. The van der Waals surface area contributed by atoms with Gasteiger partial charge in [0.2, 0.25) is 0 Å². The van der Waals surface area contributed by atoms with Crippen molar-refractivity contribution in [3.8, 4) is 0 Å². The number of hydrogen-bond acceptors (Lipinski definition) is 4. The maximum absolute atomic E-state index is 12.9. The van der Waals surface area contributed by atoms with Crippen molar-refractivity contribution in [3.05, 3.63) is 41.5 Å². The van der Waals surface area contributed by atoms with E-state index in [1.165, 1.54) is 23.8 Å². The summed E-state index contributed by atoms with van der Waals surface area (Å²) in [6.07, 6.45) is 4.20. The summed E-state index contributed by atoms with van der Waals surface area (Å²) in [6.45, 7) is 7.57. The van der Waals surface area contributed by atoms with Crippen molar-refractivity contribution in [1.29, 1.82) is 0 Å². The van der Waals surface area contributed by atoms with Crippen molar-refractivity contribution in [2.45, 2.75) is 64.6 Å². The topological polar surface area (TPSA) is 55.8 Å². The lowest BCUT2D eigenvalue weighted by molar-refractivity contribution is -0.146. The molecular formula is C22H29NO4. The summed E-state index contributed by atoms with van der Waals surface area (Å²) < 4.78 is 10.6. The van der Waals surface area contributed by atoms with E-state index < -0.39 is 17.7 Å². The average molecular weight is 371 g/mol. The van der Waals surface area contributed by atoms with E-state index in [-0.39, 0.29) is 17.9 Å². The van der Waals surface area contributed by atoms with Gasteiger partial charge >= 0.3 is 12.1 Å². The minimum absolute atomic E-state index is 0.144. The number of likely N-dealkylation sites (tertiary alicyclic amines) is 1. The average Bonchev–Trinajstić information content (AvgIpc) is 2.99. The van der Waals surface area contributed by atoms with E-state index >= 15 is 0 Å². The number of ether oxygens (including phenoxy) is 2. The molecule has 0 aromatic heterocycles. The van der Waals surface area contributed by atoms with Crippen molar-refractivity contribution < 1.29 is 19.1 Å². The molecule has 1 saturated heterocycles. The molecule has 1 aromatic carbocycles. The minimum Gasteiger partial charge on any atom is -0.467 e. The Kier molecular flexibility index (Phi) is 5.31. The number of benzene rings is 1. The Morgan fingerprint density at radius 3 is 2.41 bits per heavy atom. The summed E-state index contributed by atoms with van der Waals surface area (Å²) in [6, 6.07) is 7.69. The Hall–Kier alpha value is -2.30. The number of amides is 1. The van der Waals surface area contributed by atoms with Crippen molar-refractivity contribution in [2.75, 3.05) is 7.11 Å². The van der Waals surface area contributed by atoms with Crippen LogP contribution >= 0.6 is 0 Å². The molecule has 1 amide bonds. The lowest BCUT2D eigenvalue weighted by Crippen LogP contribution is -2.48. The van der Waals surface area contributed by atoms with Gasteiger partial charge in [-0.1, -0.05) is 35.9 Å². The smallest absolute Gasteiger partial charge is 0.411 e. The second-order valence-electron chi connectivity index (χ2n) is 8.51. The van der Waals surface area contributed by atoms with Gasteiger partial charge < -0.3 is 9.47 Å². The zero-order valence-corrected chi connectivity index (χ0v) is 16.8. The minimum atomic E-state index is -0.617. The fraction of sp³-hybridized carbons (Fsp3) is 0.545. The van der Waals surface area contributed by atoms with Crippen molar-refractivity contribution >= 4 is 17.6 Å². The number of methoxy groups -OCH3 is 1. The molecule has 2 aliphatic rings. The lowest BCUT2D eigenvalue weighted by Gasteiger charge is -2.33. The van der Waals surface area contributed by atoms with E-state index in [1.54, 1.807) is 4.90 Å². The van der Waals surface area contributed by atoms with Gasteiger partial charge in [0.1, 0.15) is 11.6 Å². The van der Waals surface area contributed by atoms with Gasteiger partial charge in [-0.25, -0.2) is 9.59 Å². The molecule has 0 radical (unpaired) electrons. The first kappa shape index (κ1) is 19.5. The predicted octanol–water partition coefficient (Wildman–Crippen LogP) is 4.34. The SMILES string of the molecule is COC(=O)[C@@H]1C[C@@H]2CCC(c3ccc(C)cc3)=C[C@@H]2N1C(=O)OC(C)(C)C. The third kappa shape index (κ3) is 4.18. The molecule has 0 N–H and O–H groups in total. The van der Waals surface area contributed by atoms with Gasteiger partial charge in [-0.05, 0) is 64.0 Å². The molecule has 3 atom stereocenters. The molecule has 5 heteroatoms. The number of hydrogen-bond donors (Lipinski definition) is 0. The first-order valence-corrected chi connectivity index (χ1v) is 9.56. The van der Waals surface area contributed by atoms with Gasteiger partial charge in [-0.3, -0.25) is 4.90 Å². The number of rotatable bonds is 2. The van der Waals surface area contributed by atoms with Gasteiger partial charge in [0.05, 0.1) is 13.2 Å². The summed E-state index contributed by atoms with van der Waals surface area (Å²) in [4.78, 5) is 26.8. The number of nitrogens with zero attached hydrogens (tertiary/aromatic N) is 1.